The summed E-state index contributed by atoms with van der Waals surface area (Å²) in [5.41, 5.74) is 0.0211. The average molecular weight is 546 g/mol. The molecule has 0 radical (unpaired) electrons. The molecule has 0 heterocycles. The van der Waals surface area contributed by atoms with Gasteiger partial charge in [-0.05, 0) is 59.9 Å². The summed E-state index contributed by atoms with van der Waals surface area (Å²) in [7, 11) is -6.54. The first-order valence-electron chi connectivity index (χ1n) is 10.3. The molecular weight excluding hydrogens is 518 g/mol. The van der Waals surface area contributed by atoms with Crippen LogP contribution in [0.25, 0.3) is 0 Å². The van der Waals surface area contributed by atoms with Gasteiger partial charge in [-0.3, -0.25) is 4.79 Å². The molecule has 0 aromatic heterocycles. The summed E-state index contributed by atoms with van der Waals surface area (Å²) in [5, 5.41) is -6.22. The minimum absolute atomic E-state index is 0.0285. The van der Waals surface area contributed by atoms with Crippen LogP contribution in [0.2, 0.25) is 0 Å². The Hall–Kier alpha value is -2.21. The van der Waals surface area contributed by atoms with E-state index in [2.05, 4.69) is 16.8 Å². The number of carbonyl (C=O) groups excluding carboxylic acids is 1. The van der Waals surface area contributed by atoms with Crippen LogP contribution in [0, 0.1) is 0 Å². The van der Waals surface area contributed by atoms with Gasteiger partial charge in [0.1, 0.15) is 16.9 Å². The highest BCUT2D eigenvalue weighted by molar-refractivity contribution is 7.88. The highest BCUT2D eigenvalue weighted by Crippen LogP contribution is 2.49. The first-order chi connectivity index (χ1) is 15.8. The van der Waals surface area contributed by atoms with Crippen molar-refractivity contribution in [3.05, 3.63) is 59.2 Å². The largest absolute Gasteiger partial charge is 0.449 e. The number of aldehydes is 1. The summed E-state index contributed by atoms with van der Waals surface area (Å²) in [6.45, 7) is 5.54. The van der Waals surface area contributed by atoms with Gasteiger partial charge >= 0.3 is 27.2 Å². The minimum Gasteiger partial charge on any atom is -0.377 e. The Morgan fingerprint density at radius 3 is 1.60 bits per heavy atom. The van der Waals surface area contributed by atoms with Gasteiger partial charge < -0.3 is 4.18 Å². The molecule has 0 atom stereocenters. The van der Waals surface area contributed by atoms with E-state index in [4.69, 9.17) is 0 Å². The smallest absolute Gasteiger partial charge is 0.377 e. The van der Waals surface area contributed by atoms with E-state index in [9.17, 15) is 39.6 Å². The van der Waals surface area contributed by atoms with Crippen LogP contribution in [-0.4, -0.2) is 31.8 Å². The molecule has 0 unspecified atom stereocenters. The third-order valence-electron chi connectivity index (χ3n) is 4.75. The van der Waals surface area contributed by atoms with Crippen molar-refractivity contribution in [2.45, 2.75) is 68.4 Å². The summed E-state index contributed by atoms with van der Waals surface area (Å²) in [4.78, 5) is 12.2. The fraction of sp³-hybridized carbons (Fsp3) is 0.435. The lowest BCUT2D eigenvalue weighted by molar-refractivity contribution is -0.272. The molecule has 0 aliphatic rings. The second kappa shape index (κ2) is 11.2. The highest BCUT2D eigenvalue weighted by Gasteiger charge is 2.77. The van der Waals surface area contributed by atoms with Crippen molar-refractivity contribution < 1.29 is 43.7 Å². The SMILES string of the molecule is CC(C)c1cc(C=O)cc(C(C)C)c1OS(=O)(=O)C(F)(F)C(F)(F)C(C)(F)F.[SH2+]c1ccccc1. The molecule has 0 N–H and O–H groups in total. The van der Waals surface area contributed by atoms with Crippen LogP contribution in [0.15, 0.2) is 47.4 Å². The molecule has 0 saturated carbocycles. The Labute approximate surface area is 206 Å². The van der Waals surface area contributed by atoms with Gasteiger partial charge in [-0.25, -0.2) is 0 Å². The van der Waals surface area contributed by atoms with Crippen molar-refractivity contribution >= 4 is 29.0 Å². The van der Waals surface area contributed by atoms with Gasteiger partial charge in [0.15, 0.2) is 0 Å². The fourth-order valence-corrected chi connectivity index (χ4v) is 3.94. The molecule has 12 heteroatoms. The van der Waals surface area contributed by atoms with Crippen LogP contribution in [0.3, 0.4) is 0 Å². The quantitative estimate of drug-likeness (QED) is 0.167. The highest BCUT2D eigenvalue weighted by atomic mass is 32.2. The number of rotatable bonds is 8. The van der Waals surface area contributed by atoms with Crippen molar-refractivity contribution in [2.24, 2.45) is 0 Å². The standard InChI is InChI=1S/C17H20F6O4S.C6H6S/c1-9(2)12-6-11(8-24)7-13(10(3)4)14(12)27-28(25,26)17(22,23)16(20,21)15(5,18)19;7-6-4-2-1-3-5-6/h6-10H,1-5H3;1-5,7H/p+1. The molecular formula is C23H27F6O4S2+. The lowest BCUT2D eigenvalue weighted by Crippen LogP contribution is -2.57. The number of alkyl halides is 6. The lowest BCUT2D eigenvalue weighted by Gasteiger charge is -2.30. The predicted octanol–water partition coefficient (Wildman–Crippen LogP) is 6.39. The van der Waals surface area contributed by atoms with Gasteiger partial charge in [-0.1, -0.05) is 45.9 Å². The number of halogens is 6. The normalized spacial score (nSPS) is 12.9. The van der Waals surface area contributed by atoms with Crippen LogP contribution in [0.4, 0.5) is 26.3 Å². The van der Waals surface area contributed by atoms with Gasteiger partial charge in [0.2, 0.25) is 0 Å². The Morgan fingerprint density at radius 1 is 0.886 bits per heavy atom. The molecule has 0 amide bonds. The maximum atomic E-state index is 14.0. The first-order valence-corrected chi connectivity index (χ1v) is 12.2. The third-order valence-corrected chi connectivity index (χ3v) is 6.35. The van der Waals surface area contributed by atoms with E-state index in [0.29, 0.717) is 6.29 Å². The van der Waals surface area contributed by atoms with E-state index in [1.165, 1.54) is 27.7 Å². The zero-order valence-electron chi connectivity index (χ0n) is 19.6. The number of hydrogen-bond donors (Lipinski definition) is 0. The van der Waals surface area contributed by atoms with E-state index in [1.54, 1.807) is 0 Å². The summed E-state index contributed by atoms with van der Waals surface area (Å²) in [6, 6.07) is 12.3. The predicted molar refractivity (Wildman–Crippen MR) is 125 cm³/mol. The molecule has 196 valence electrons. The van der Waals surface area contributed by atoms with Crippen LogP contribution >= 0.6 is 0 Å². The van der Waals surface area contributed by atoms with Crippen molar-refractivity contribution in [1.29, 1.82) is 0 Å². The Bertz CT molecular complexity index is 1080. The summed E-state index contributed by atoms with van der Waals surface area (Å²) < 4.78 is 109. The van der Waals surface area contributed by atoms with Gasteiger partial charge in [-0.15, -0.1) is 0 Å². The fourth-order valence-electron chi connectivity index (χ4n) is 2.73. The monoisotopic (exact) mass is 545 g/mol. The summed E-state index contributed by atoms with van der Waals surface area (Å²) in [6.07, 6.45) is 0.427. The van der Waals surface area contributed by atoms with Crippen LogP contribution < -0.4 is 4.18 Å². The molecule has 0 aliphatic heterocycles. The van der Waals surface area contributed by atoms with Crippen molar-refractivity contribution in [2.75, 3.05) is 0 Å². The Balaban J connectivity index is 0.000000744. The number of benzene rings is 2. The first kappa shape index (κ1) is 30.8. The van der Waals surface area contributed by atoms with Gasteiger partial charge in [-0.2, -0.15) is 34.8 Å². The van der Waals surface area contributed by atoms with E-state index in [0.717, 1.165) is 17.0 Å². The topological polar surface area (TPSA) is 60.4 Å². The average Bonchev–Trinajstić information content (AvgIpc) is 2.73. The van der Waals surface area contributed by atoms with Gasteiger partial charge in [0.25, 0.3) is 0 Å². The molecule has 35 heavy (non-hydrogen) atoms. The van der Waals surface area contributed by atoms with E-state index in [-0.39, 0.29) is 16.7 Å². The molecule has 0 fully saturated rings. The molecule has 0 spiro atoms. The Morgan fingerprint density at radius 2 is 1.31 bits per heavy atom. The second-order valence-electron chi connectivity index (χ2n) is 8.34. The molecule has 2 aromatic carbocycles. The van der Waals surface area contributed by atoms with Crippen molar-refractivity contribution in [3.8, 4) is 5.75 Å². The molecule has 0 bridgehead atoms. The second-order valence-corrected chi connectivity index (χ2v) is 10.5. The molecule has 0 saturated heterocycles. The number of carbonyl (C=O) groups is 1. The maximum absolute atomic E-state index is 14.0. The van der Waals surface area contributed by atoms with Crippen LogP contribution in [0.5, 0.6) is 5.75 Å². The van der Waals surface area contributed by atoms with Gasteiger partial charge in [0.05, 0.1) is 0 Å². The van der Waals surface area contributed by atoms with E-state index < -0.39 is 51.7 Å². The third kappa shape index (κ3) is 6.93. The molecule has 4 nitrogen and oxygen atoms in total. The minimum atomic E-state index is -6.54. The van der Waals surface area contributed by atoms with Gasteiger partial charge in [0, 0.05) is 12.5 Å². The van der Waals surface area contributed by atoms with Crippen molar-refractivity contribution in [1.82, 2.24) is 0 Å². The zero-order valence-corrected chi connectivity index (χ0v) is 21.4. The van der Waals surface area contributed by atoms with Crippen LogP contribution in [-0.2, 0) is 22.7 Å². The van der Waals surface area contributed by atoms with E-state index >= 15 is 0 Å². The van der Waals surface area contributed by atoms with Crippen molar-refractivity contribution in [3.63, 3.8) is 0 Å². The molecule has 0 aliphatic carbocycles. The lowest BCUT2D eigenvalue weighted by atomic mass is 9.92. The molecule has 2 rings (SSSR count). The zero-order chi connectivity index (χ0) is 27.4. The summed E-state index contributed by atoms with van der Waals surface area (Å²) >= 11 is 3.36. The van der Waals surface area contributed by atoms with E-state index in [1.807, 2.05) is 30.3 Å². The molecule has 2 aromatic rings. The maximum Gasteiger partial charge on any atom is 0.449 e. The Kier molecular flexibility index (Phi) is 9.89. The van der Waals surface area contributed by atoms with Crippen LogP contribution in [0.1, 0.15) is 67.9 Å². The number of hydrogen-bond acceptors (Lipinski definition) is 4. The summed E-state index contributed by atoms with van der Waals surface area (Å²) in [5.74, 6) is -13.4.